The number of aliphatic hydroxyl groups excluding tert-OH is 2. The second kappa shape index (κ2) is 8.95. The Morgan fingerprint density at radius 2 is 1.50 bits per heavy atom. The highest BCUT2D eigenvalue weighted by Gasteiger charge is 2.71. The van der Waals surface area contributed by atoms with Crippen molar-refractivity contribution in [3.05, 3.63) is 23.8 Å². The first-order valence-corrected chi connectivity index (χ1v) is 10.9. The summed E-state index contributed by atoms with van der Waals surface area (Å²) in [4.78, 5) is 0. The van der Waals surface area contributed by atoms with Gasteiger partial charge in [-0.15, -0.1) is 0 Å². The third kappa shape index (κ3) is 5.04. The van der Waals surface area contributed by atoms with Gasteiger partial charge in [0.05, 0.1) is 12.2 Å². The Bertz CT molecular complexity index is 698. The highest BCUT2D eigenvalue weighted by atomic mass is 19.4. The van der Waals surface area contributed by atoms with Crippen LogP contribution in [0.4, 0.5) is 26.3 Å². The standard InChI is InChI=1S/C23H34F6O3/c1-14(13-21(32,22(24,25)26)23(27,28)29)20(4)9-8-16(19(20,2)3)7-5-6-15-10-17(30)12-18(31)11-15/h5-7,14,16-18,30-32H,8-13H2,1-4H3/b7-5+/t14-,16-,17-,18-,20-/m1/s1. The Hall–Kier alpha value is -1.06. The monoisotopic (exact) mass is 472 g/mol. The number of aliphatic hydroxyl groups is 3. The van der Waals surface area contributed by atoms with Gasteiger partial charge in [-0.3, -0.25) is 0 Å². The van der Waals surface area contributed by atoms with Crippen LogP contribution in [0.1, 0.15) is 66.2 Å². The van der Waals surface area contributed by atoms with Crippen LogP contribution in [0.2, 0.25) is 0 Å². The molecular formula is C23H34F6O3. The normalized spacial score (nSPS) is 33.0. The fourth-order valence-electron chi connectivity index (χ4n) is 5.47. The van der Waals surface area contributed by atoms with Gasteiger partial charge in [-0.05, 0) is 61.2 Å². The maximum Gasteiger partial charge on any atom is 0.426 e. The molecule has 0 aromatic carbocycles. The number of allylic oxidation sites excluding steroid dienone is 3. The molecular weight excluding hydrogens is 438 g/mol. The molecule has 2 aliphatic rings. The van der Waals surface area contributed by atoms with Gasteiger partial charge in [-0.2, -0.15) is 26.3 Å². The van der Waals surface area contributed by atoms with Crippen LogP contribution < -0.4 is 0 Å². The van der Waals surface area contributed by atoms with Gasteiger partial charge in [0, 0.05) is 0 Å². The van der Waals surface area contributed by atoms with Crippen LogP contribution in [0, 0.1) is 22.7 Å². The van der Waals surface area contributed by atoms with Crippen LogP contribution in [0.25, 0.3) is 0 Å². The maximum absolute atomic E-state index is 13.2. The summed E-state index contributed by atoms with van der Waals surface area (Å²) in [5.74, 6) is -1.14. The summed E-state index contributed by atoms with van der Waals surface area (Å²) >= 11 is 0. The maximum atomic E-state index is 13.2. The first-order chi connectivity index (χ1) is 14.3. The van der Waals surface area contributed by atoms with Crippen molar-refractivity contribution in [2.24, 2.45) is 22.7 Å². The second-order valence-electron chi connectivity index (χ2n) is 10.4. The predicted octanol–water partition coefficient (Wildman–Crippen LogP) is 5.70. The first-order valence-electron chi connectivity index (χ1n) is 10.9. The Labute approximate surface area is 185 Å². The molecule has 0 heterocycles. The molecule has 5 atom stereocenters. The van der Waals surface area contributed by atoms with E-state index in [0.29, 0.717) is 32.1 Å². The minimum absolute atomic E-state index is 0.0879. The molecule has 0 aromatic rings. The molecule has 0 bridgehead atoms. The molecule has 32 heavy (non-hydrogen) atoms. The summed E-state index contributed by atoms with van der Waals surface area (Å²) < 4.78 is 79.3. The number of hydrogen-bond acceptors (Lipinski definition) is 3. The third-order valence-electron chi connectivity index (χ3n) is 8.22. The summed E-state index contributed by atoms with van der Waals surface area (Å²) in [6.45, 7) is 6.73. The van der Waals surface area contributed by atoms with Crippen LogP contribution in [0.15, 0.2) is 23.8 Å². The zero-order valence-corrected chi connectivity index (χ0v) is 18.9. The molecule has 0 saturated heterocycles. The summed E-state index contributed by atoms with van der Waals surface area (Å²) in [6, 6.07) is 0. The Morgan fingerprint density at radius 3 is 1.97 bits per heavy atom. The lowest BCUT2D eigenvalue weighted by Crippen LogP contribution is -2.59. The minimum Gasteiger partial charge on any atom is -0.393 e. The largest absolute Gasteiger partial charge is 0.426 e. The summed E-state index contributed by atoms with van der Waals surface area (Å²) in [5.41, 5.74) is -5.35. The van der Waals surface area contributed by atoms with E-state index in [1.165, 1.54) is 6.92 Å². The zero-order chi connectivity index (χ0) is 24.8. The highest BCUT2D eigenvalue weighted by molar-refractivity contribution is 5.19. The van der Waals surface area contributed by atoms with E-state index in [4.69, 9.17) is 0 Å². The number of halogens is 6. The van der Waals surface area contributed by atoms with Crippen molar-refractivity contribution in [1.82, 2.24) is 0 Å². The highest BCUT2D eigenvalue weighted by Crippen LogP contribution is 2.62. The lowest BCUT2D eigenvalue weighted by atomic mass is 9.58. The molecule has 2 saturated carbocycles. The van der Waals surface area contributed by atoms with E-state index in [-0.39, 0.29) is 5.92 Å². The number of rotatable bonds is 5. The molecule has 3 N–H and O–H groups in total. The van der Waals surface area contributed by atoms with Crippen LogP contribution in [-0.4, -0.2) is 45.5 Å². The zero-order valence-electron chi connectivity index (χ0n) is 18.9. The van der Waals surface area contributed by atoms with Crippen LogP contribution >= 0.6 is 0 Å². The molecule has 9 heteroatoms. The molecule has 3 nitrogen and oxygen atoms in total. The molecule has 186 valence electrons. The quantitative estimate of drug-likeness (QED) is 0.450. The van der Waals surface area contributed by atoms with Gasteiger partial charge in [0.15, 0.2) is 0 Å². The van der Waals surface area contributed by atoms with Gasteiger partial charge >= 0.3 is 12.4 Å². The lowest BCUT2D eigenvalue weighted by molar-refractivity contribution is -0.374. The minimum atomic E-state index is -5.82. The molecule has 0 aliphatic heterocycles. The third-order valence-corrected chi connectivity index (χ3v) is 8.22. The molecule has 2 fully saturated rings. The van der Waals surface area contributed by atoms with Crippen molar-refractivity contribution in [3.63, 3.8) is 0 Å². The van der Waals surface area contributed by atoms with E-state index in [1.807, 2.05) is 26.0 Å². The Morgan fingerprint density at radius 1 is 1.00 bits per heavy atom. The fraction of sp³-hybridized carbons (Fsp3) is 0.826. The summed E-state index contributed by atoms with van der Waals surface area (Å²) in [5, 5.41) is 29.2. The first kappa shape index (κ1) is 27.2. The van der Waals surface area contributed by atoms with Crippen LogP contribution in [0.5, 0.6) is 0 Å². The molecule has 0 unspecified atom stereocenters. The molecule has 2 rings (SSSR count). The van der Waals surface area contributed by atoms with E-state index in [2.05, 4.69) is 0 Å². The second-order valence-corrected chi connectivity index (χ2v) is 10.4. The average Bonchev–Trinajstić information content (AvgIpc) is 2.83. The van der Waals surface area contributed by atoms with Gasteiger partial charge in [0.2, 0.25) is 0 Å². The SMILES string of the molecule is C[C@H](CC(O)(C(F)(F)F)C(F)(F)F)[C@@]1(C)CC[C@@H](/C=C/C=C2C[C@@H](O)C[C@H](O)C2)C1(C)C. The van der Waals surface area contributed by atoms with Crippen molar-refractivity contribution in [2.75, 3.05) is 0 Å². The van der Waals surface area contributed by atoms with Gasteiger partial charge < -0.3 is 15.3 Å². The Kier molecular flexibility index (Phi) is 7.60. The average molecular weight is 473 g/mol. The molecule has 0 spiro atoms. The van der Waals surface area contributed by atoms with E-state index in [1.54, 1.807) is 13.0 Å². The van der Waals surface area contributed by atoms with E-state index < -0.39 is 53.3 Å². The van der Waals surface area contributed by atoms with E-state index >= 15 is 0 Å². The number of hydrogen-bond donors (Lipinski definition) is 3. The predicted molar refractivity (Wildman–Crippen MR) is 109 cm³/mol. The molecule has 0 amide bonds. The fourth-order valence-corrected chi connectivity index (χ4v) is 5.47. The number of alkyl halides is 6. The summed E-state index contributed by atoms with van der Waals surface area (Å²) in [7, 11) is 0. The van der Waals surface area contributed by atoms with Gasteiger partial charge in [0.1, 0.15) is 0 Å². The van der Waals surface area contributed by atoms with Gasteiger partial charge in [0.25, 0.3) is 5.60 Å². The van der Waals surface area contributed by atoms with Crippen molar-refractivity contribution >= 4 is 0 Å². The van der Waals surface area contributed by atoms with Gasteiger partial charge in [-0.1, -0.05) is 51.5 Å². The smallest absolute Gasteiger partial charge is 0.393 e. The van der Waals surface area contributed by atoms with Crippen molar-refractivity contribution < 1.29 is 41.7 Å². The molecule has 2 aliphatic carbocycles. The van der Waals surface area contributed by atoms with E-state index in [9.17, 15) is 41.7 Å². The molecule has 0 radical (unpaired) electrons. The van der Waals surface area contributed by atoms with Crippen molar-refractivity contribution in [1.29, 1.82) is 0 Å². The van der Waals surface area contributed by atoms with Gasteiger partial charge in [-0.25, -0.2) is 0 Å². The van der Waals surface area contributed by atoms with Crippen molar-refractivity contribution in [2.45, 2.75) is 96.4 Å². The molecule has 0 aromatic heterocycles. The lowest BCUT2D eigenvalue weighted by Gasteiger charge is -2.48. The van der Waals surface area contributed by atoms with E-state index in [0.717, 1.165) is 5.57 Å². The Balaban J connectivity index is 2.20. The van der Waals surface area contributed by atoms with Crippen molar-refractivity contribution in [3.8, 4) is 0 Å². The van der Waals surface area contributed by atoms with Crippen LogP contribution in [-0.2, 0) is 0 Å². The summed E-state index contributed by atoms with van der Waals surface area (Å²) in [6.07, 6.45) is -6.53. The van der Waals surface area contributed by atoms with Crippen LogP contribution in [0.3, 0.4) is 0 Å². The topological polar surface area (TPSA) is 60.7 Å².